The van der Waals surface area contributed by atoms with E-state index in [9.17, 15) is 9.18 Å². The normalized spacial score (nSPS) is 11.6. The molecule has 9 N–H and O–H groups in total. The van der Waals surface area contributed by atoms with E-state index in [0.717, 1.165) is 0 Å². The van der Waals surface area contributed by atoms with E-state index in [4.69, 9.17) is 17.2 Å². The molecule has 0 spiro atoms. The number of hydrogen-bond donors (Lipinski definition) is 6. The monoisotopic (exact) mass is 350 g/mol. The number of aliphatic imine (C=N–C) groups is 2. The van der Waals surface area contributed by atoms with Gasteiger partial charge in [-0.25, -0.2) is 20.0 Å². The number of aromatic nitrogens is 2. The predicted octanol–water partition coefficient (Wildman–Crippen LogP) is -1.35. The highest BCUT2D eigenvalue weighted by molar-refractivity contribution is 6.07. The summed E-state index contributed by atoms with van der Waals surface area (Å²) in [6.07, 6.45) is 3.03. The number of rotatable bonds is 5. The Balaban J connectivity index is 2.88. The lowest BCUT2D eigenvalue weighted by molar-refractivity contribution is 0.0970. The largest absolute Gasteiger partial charge is 0.382 e. The molecular formula is C13H19FN10O. The van der Waals surface area contributed by atoms with Gasteiger partial charge in [-0.3, -0.25) is 21.0 Å². The number of guanidine groups is 2. The van der Waals surface area contributed by atoms with Crippen molar-refractivity contribution in [2.24, 2.45) is 15.7 Å². The molecule has 1 rings (SSSR count). The van der Waals surface area contributed by atoms with Gasteiger partial charge in [-0.15, -0.1) is 13.2 Å². The van der Waals surface area contributed by atoms with Gasteiger partial charge in [0.05, 0.1) is 13.1 Å². The molecule has 0 atom stereocenters. The summed E-state index contributed by atoms with van der Waals surface area (Å²) in [4.78, 5) is 26.9. The summed E-state index contributed by atoms with van der Waals surface area (Å²) in [6.45, 7) is 7.47. The quantitative estimate of drug-likeness (QED) is 0.163. The lowest BCUT2D eigenvalue weighted by atomic mass is 10.4. The maximum atomic E-state index is 13.4. The first-order chi connectivity index (χ1) is 11.9. The van der Waals surface area contributed by atoms with E-state index in [1.807, 2.05) is 0 Å². The maximum absolute atomic E-state index is 13.4. The minimum absolute atomic E-state index is 0.0262. The van der Waals surface area contributed by atoms with Crippen LogP contribution in [0.25, 0.3) is 0 Å². The fourth-order valence-corrected chi connectivity index (χ4v) is 1.37. The zero-order valence-corrected chi connectivity index (χ0v) is 13.3. The molecule has 0 fully saturated rings. The van der Waals surface area contributed by atoms with E-state index in [1.54, 1.807) is 6.08 Å². The van der Waals surface area contributed by atoms with Crippen molar-refractivity contribution in [2.45, 2.75) is 0 Å². The number of carbonyl (C=O) groups is 1. The Bertz CT molecular complexity index is 715. The molecule has 1 amide bonds. The van der Waals surface area contributed by atoms with Gasteiger partial charge in [0.1, 0.15) is 0 Å². The van der Waals surface area contributed by atoms with E-state index in [0.29, 0.717) is 6.54 Å². The second-order valence-electron chi connectivity index (χ2n) is 4.33. The van der Waals surface area contributed by atoms with Crippen molar-refractivity contribution in [1.29, 1.82) is 0 Å². The molecule has 0 bridgehead atoms. The lowest BCUT2D eigenvalue weighted by Gasteiger charge is -2.13. The molecule has 0 aliphatic heterocycles. The van der Waals surface area contributed by atoms with Crippen LogP contribution in [0.2, 0.25) is 0 Å². The molecule has 1 aromatic rings. The van der Waals surface area contributed by atoms with Crippen LogP contribution in [0.5, 0.6) is 0 Å². The molecule has 0 aromatic carbocycles. The number of halogens is 1. The third kappa shape index (κ3) is 6.13. The summed E-state index contributed by atoms with van der Waals surface area (Å²) in [5, 5.41) is 2.34. The van der Waals surface area contributed by atoms with Gasteiger partial charge in [0, 0.05) is 0 Å². The molecule has 0 radical (unpaired) electrons. The van der Waals surface area contributed by atoms with Crippen LogP contribution < -0.4 is 33.4 Å². The van der Waals surface area contributed by atoms with Crippen LogP contribution in [-0.4, -0.2) is 40.9 Å². The molecule has 0 saturated carbocycles. The smallest absolute Gasteiger partial charge is 0.280 e. The molecule has 0 aliphatic carbocycles. The van der Waals surface area contributed by atoms with Gasteiger partial charge in [0.15, 0.2) is 17.3 Å². The van der Waals surface area contributed by atoms with Gasteiger partial charge in [0.25, 0.3) is 11.9 Å². The maximum Gasteiger partial charge on any atom is 0.280 e. The SMILES string of the molecule is C=CCN=C(N)NNC(=NCC=C)NC(=O)c1nc(F)c(N)nc1N. The Hall–Kier alpha value is -3.70. The minimum Gasteiger partial charge on any atom is -0.382 e. The van der Waals surface area contributed by atoms with Gasteiger partial charge in [-0.2, -0.15) is 4.39 Å². The standard InChI is InChI=1S/C13H19FN10O/c1-3-5-18-12(17)23-24-13(19-6-4-2)22-11(25)7-9(15)21-10(16)8(14)20-7/h3-4H,1-2,5-6H2,(H4,15,16,21)(H3,17,18,23)(H2,19,22,24,25). The van der Waals surface area contributed by atoms with Crippen LogP contribution in [0.4, 0.5) is 16.0 Å². The minimum atomic E-state index is -1.11. The van der Waals surface area contributed by atoms with Crippen molar-refractivity contribution < 1.29 is 9.18 Å². The Kier molecular flexibility index (Phi) is 7.31. The summed E-state index contributed by atoms with van der Waals surface area (Å²) in [5.41, 5.74) is 20.9. The van der Waals surface area contributed by atoms with E-state index in [-0.39, 0.29) is 24.3 Å². The van der Waals surface area contributed by atoms with Crippen molar-refractivity contribution >= 4 is 29.5 Å². The van der Waals surface area contributed by atoms with Crippen LogP contribution in [0.1, 0.15) is 10.5 Å². The number of nitrogens with one attached hydrogen (secondary N) is 3. The van der Waals surface area contributed by atoms with Gasteiger partial charge >= 0.3 is 0 Å². The first kappa shape index (κ1) is 19.3. The van der Waals surface area contributed by atoms with Gasteiger partial charge in [-0.05, 0) is 0 Å². The molecule has 0 aliphatic rings. The van der Waals surface area contributed by atoms with E-state index in [2.05, 4.69) is 49.3 Å². The number of amides is 1. The van der Waals surface area contributed by atoms with Crippen molar-refractivity contribution in [3.05, 3.63) is 37.0 Å². The summed E-state index contributed by atoms with van der Waals surface area (Å²) < 4.78 is 13.4. The van der Waals surface area contributed by atoms with Crippen molar-refractivity contribution in [3.8, 4) is 0 Å². The van der Waals surface area contributed by atoms with Gasteiger partial charge in [0.2, 0.25) is 11.9 Å². The van der Waals surface area contributed by atoms with Crippen LogP contribution in [0.15, 0.2) is 35.3 Å². The molecule has 1 aromatic heterocycles. The third-order valence-corrected chi connectivity index (χ3v) is 2.43. The fraction of sp³-hybridized carbons (Fsp3) is 0.154. The molecule has 12 heteroatoms. The molecule has 134 valence electrons. The lowest BCUT2D eigenvalue weighted by Crippen LogP contribution is -2.52. The highest BCUT2D eigenvalue weighted by Gasteiger charge is 2.18. The zero-order valence-electron chi connectivity index (χ0n) is 13.3. The van der Waals surface area contributed by atoms with E-state index < -0.39 is 23.4 Å². The molecule has 25 heavy (non-hydrogen) atoms. The molecular weight excluding hydrogens is 331 g/mol. The number of nitrogen functional groups attached to an aromatic ring is 2. The fourth-order valence-electron chi connectivity index (χ4n) is 1.37. The molecule has 11 nitrogen and oxygen atoms in total. The van der Waals surface area contributed by atoms with Crippen molar-refractivity contribution in [2.75, 3.05) is 24.6 Å². The predicted molar refractivity (Wildman–Crippen MR) is 93.7 cm³/mol. The first-order valence-electron chi connectivity index (χ1n) is 6.87. The highest BCUT2D eigenvalue weighted by atomic mass is 19.1. The summed E-state index contributed by atoms with van der Waals surface area (Å²) in [6, 6.07) is 0. The zero-order chi connectivity index (χ0) is 18.8. The average Bonchev–Trinajstić information content (AvgIpc) is 2.58. The molecule has 0 unspecified atom stereocenters. The summed E-state index contributed by atoms with van der Waals surface area (Å²) in [7, 11) is 0. The number of carbonyl (C=O) groups excluding carboxylic acids is 1. The number of nitrogens with two attached hydrogens (primary N) is 3. The van der Waals surface area contributed by atoms with E-state index >= 15 is 0 Å². The van der Waals surface area contributed by atoms with Crippen LogP contribution >= 0.6 is 0 Å². The summed E-state index contributed by atoms with van der Waals surface area (Å²) >= 11 is 0. The number of nitrogens with zero attached hydrogens (tertiary/aromatic N) is 4. The second-order valence-corrected chi connectivity index (χ2v) is 4.33. The first-order valence-corrected chi connectivity index (χ1v) is 6.87. The number of hydrogen-bond acceptors (Lipinski definition) is 7. The molecule has 1 heterocycles. The Morgan fingerprint density at radius 1 is 1.12 bits per heavy atom. The third-order valence-electron chi connectivity index (χ3n) is 2.43. The van der Waals surface area contributed by atoms with E-state index in [1.165, 1.54) is 6.08 Å². The van der Waals surface area contributed by atoms with Crippen LogP contribution in [-0.2, 0) is 0 Å². The van der Waals surface area contributed by atoms with Gasteiger partial charge in [-0.1, -0.05) is 12.2 Å². The second kappa shape index (κ2) is 9.44. The summed E-state index contributed by atoms with van der Waals surface area (Å²) in [5.74, 6) is -2.85. The number of hydrazine groups is 1. The Labute approximate surface area is 143 Å². The Morgan fingerprint density at radius 3 is 2.40 bits per heavy atom. The van der Waals surface area contributed by atoms with Crippen molar-refractivity contribution in [1.82, 2.24) is 26.1 Å². The van der Waals surface area contributed by atoms with Crippen LogP contribution in [0.3, 0.4) is 0 Å². The topological polar surface area (TPSA) is 182 Å². The highest BCUT2D eigenvalue weighted by Crippen LogP contribution is 2.10. The Morgan fingerprint density at radius 2 is 1.76 bits per heavy atom. The van der Waals surface area contributed by atoms with Gasteiger partial charge < -0.3 is 17.2 Å². The van der Waals surface area contributed by atoms with Crippen LogP contribution in [0, 0.1) is 5.95 Å². The average molecular weight is 350 g/mol. The number of anilines is 2. The molecule has 0 saturated heterocycles. The van der Waals surface area contributed by atoms with Crippen molar-refractivity contribution in [3.63, 3.8) is 0 Å².